The van der Waals surface area contributed by atoms with E-state index in [-0.39, 0.29) is 5.78 Å². The second kappa shape index (κ2) is 5.15. The van der Waals surface area contributed by atoms with Crippen molar-refractivity contribution in [2.45, 2.75) is 32.2 Å². The maximum atomic E-state index is 11.0. The third-order valence-electron chi connectivity index (χ3n) is 2.42. The molecule has 0 bridgehead atoms. The minimum Gasteiger partial charge on any atom is -0.386 e. The molecule has 0 aromatic carbocycles. The van der Waals surface area contributed by atoms with Crippen LogP contribution in [0.5, 0.6) is 0 Å². The molecule has 1 atom stereocenters. The van der Waals surface area contributed by atoms with Gasteiger partial charge in [-0.05, 0) is 40.4 Å². The first-order valence-corrected chi connectivity index (χ1v) is 5.22. The van der Waals surface area contributed by atoms with Gasteiger partial charge in [-0.3, -0.25) is 4.79 Å². The van der Waals surface area contributed by atoms with Crippen molar-refractivity contribution in [1.82, 2.24) is 10.2 Å². The first kappa shape index (κ1) is 11.2. The molecule has 0 fully saturated rings. The molecular formula is C11H20N2O. The quantitative estimate of drug-likeness (QED) is 0.716. The van der Waals surface area contributed by atoms with E-state index in [4.69, 9.17) is 0 Å². The molecule has 1 aliphatic rings. The van der Waals surface area contributed by atoms with Crippen molar-refractivity contribution in [3.8, 4) is 0 Å². The van der Waals surface area contributed by atoms with Gasteiger partial charge in [-0.25, -0.2) is 0 Å². The summed E-state index contributed by atoms with van der Waals surface area (Å²) in [6.07, 6.45) is 4.43. The van der Waals surface area contributed by atoms with Gasteiger partial charge in [0, 0.05) is 24.2 Å². The molecule has 1 aliphatic carbocycles. The van der Waals surface area contributed by atoms with E-state index in [0.717, 1.165) is 25.1 Å². The third kappa shape index (κ3) is 3.92. The number of nitrogens with zero attached hydrogens (tertiary/aromatic N) is 1. The predicted octanol–water partition coefficient (Wildman–Crippen LogP) is 1.16. The zero-order valence-electron chi connectivity index (χ0n) is 9.34. The summed E-state index contributed by atoms with van der Waals surface area (Å²) in [6.45, 7) is 3.24. The SMILES string of the molecule is CC(CCN(C)C)NC1=CC(=O)CC1. The molecule has 3 heteroatoms. The summed E-state index contributed by atoms with van der Waals surface area (Å²) in [5, 5.41) is 3.38. The monoisotopic (exact) mass is 196 g/mol. The topological polar surface area (TPSA) is 32.3 Å². The highest BCUT2D eigenvalue weighted by molar-refractivity contribution is 5.92. The van der Waals surface area contributed by atoms with E-state index in [2.05, 4.69) is 31.2 Å². The molecule has 0 aromatic rings. The van der Waals surface area contributed by atoms with Crippen molar-refractivity contribution >= 4 is 5.78 Å². The average Bonchev–Trinajstić information content (AvgIpc) is 2.48. The number of carbonyl (C=O) groups is 1. The van der Waals surface area contributed by atoms with Gasteiger partial charge < -0.3 is 10.2 Å². The summed E-state index contributed by atoms with van der Waals surface area (Å²) in [5.74, 6) is 0.257. The fourth-order valence-corrected chi connectivity index (χ4v) is 1.55. The molecule has 0 radical (unpaired) electrons. The van der Waals surface area contributed by atoms with Gasteiger partial charge in [-0.15, -0.1) is 0 Å². The van der Waals surface area contributed by atoms with Crippen LogP contribution in [0, 0.1) is 0 Å². The Hall–Kier alpha value is -0.830. The number of carbonyl (C=O) groups excluding carboxylic acids is 1. The number of hydrogen-bond donors (Lipinski definition) is 1. The van der Waals surface area contributed by atoms with Crippen molar-refractivity contribution in [3.63, 3.8) is 0 Å². The summed E-state index contributed by atoms with van der Waals surface area (Å²) in [6, 6.07) is 0.453. The van der Waals surface area contributed by atoms with Gasteiger partial charge in [0.15, 0.2) is 5.78 Å². The van der Waals surface area contributed by atoms with E-state index in [9.17, 15) is 4.79 Å². The van der Waals surface area contributed by atoms with Gasteiger partial charge in [0.1, 0.15) is 0 Å². The number of nitrogens with one attached hydrogen (secondary N) is 1. The van der Waals surface area contributed by atoms with Gasteiger partial charge in [0.2, 0.25) is 0 Å². The normalized spacial score (nSPS) is 18.6. The summed E-state index contributed by atoms with van der Waals surface area (Å²) in [7, 11) is 4.15. The Morgan fingerprint density at radius 3 is 2.71 bits per heavy atom. The highest BCUT2D eigenvalue weighted by atomic mass is 16.1. The lowest BCUT2D eigenvalue weighted by Crippen LogP contribution is -2.28. The van der Waals surface area contributed by atoms with Crippen LogP contribution in [0.3, 0.4) is 0 Å². The Morgan fingerprint density at radius 1 is 1.50 bits per heavy atom. The second-order valence-corrected chi connectivity index (χ2v) is 4.27. The maximum Gasteiger partial charge on any atom is 0.157 e. The lowest BCUT2D eigenvalue weighted by atomic mass is 10.2. The summed E-state index contributed by atoms with van der Waals surface area (Å²) < 4.78 is 0. The zero-order chi connectivity index (χ0) is 10.6. The van der Waals surface area contributed by atoms with E-state index in [1.807, 2.05) is 0 Å². The molecule has 0 spiro atoms. The lowest BCUT2D eigenvalue weighted by Gasteiger charge is -2.18. The zero-order valence-corrected chi connectivity index (χ0v) is 9.34. The minimum absolute atomic E-state index is 0.257. The standard InChI is InChI=1S/C11H20N2O/c1-9(6-7-13(2)3)12-10-4-5-11(14)8-10/h8-9,12H,4-7H2,1-3H3. The van der Waals surface area contributed by atoms with Crippen LogP contribution in [0.15, 0.2) is 11.8 Å². The van der Waals surface area contributed by atoms with Crippen molar-refractivity contribution in [3.05, 3.63) is 11.8 Å². The van der Waals surface area contributed by atoms with E-state index < -0.39 is 0 Å². The number of allylic oxidation sites excluding steroid dienone is 2. The van der Waals surface area contributed by atoms with E-state index in [0.29, 0.717) is 12.5 Å². The van der Waals surface area contributed by atoms with Crippen LogP contribution in [0.1, 0.15) is 26.2 Å². The molecule has 0 saturated heterocycles. The molecule has 80 valence electrons. The molecule has 3 nitrogen and oxygen atoms in total. The summed E-state index contributed by atoms with van der Waals surface area (Å²) in [5.41, 5.74) is 1.11. The van der Waals surface area contributed by atoms with Gasteiger partial charge in [0.25, 0.3) is 0 Å². The summed E-state index contributed by atoms with van der Waals surface area (Å²) >= 11 is 0. The second-order valence-electron chi connectivity index (χ2n) is 4.27. The van der Waals surface area contributed by atoms with Crippen molar-refractivity contribution < 1.29 is 4.79 Å². The molecule has 14 heavy (non-hydrogen) atoms. The average molecular weight is 196 g/mol. The van der Waals surface area contributed by atoms with E-state index in [1.54, 1.807) is 6.08 Å². The smallest absolute Gasteiger partial charge is 0.157 e. The maximum absolute atomic E-state index is 11.0. The molecule has 0 aliphatic heterocycles. The molecule has 0 amide bonds. The fourth-order valence-electron chi connectivity index (χ4n) is 1.55. The first-order chi connectivity index (χ1) is 6.58. The van der Waals surface area contributed by atoms with E-state index in [1.165, 1.54) is 0 Å². The van der Waals surface area contributed by atoms with Crippen LogP contribution in [0.25, 0.3) is 0 Å². The van der Waals surface area contributed by atoms with Crippen LogP contribution in [-0.4, -0.2) is 37.4 Å². The minimum atomic E-state index is 0.257. The van der Waals surface area contributed by atoms with Crippen molar-refractivity contribution in [2.24, 2.45) is 0 Å². The Balaban J connectivity index is 2.23. The molecular weight excluding hydrogens is 176 g/mol. The highest BCUT2D eigenvalue weighted by Gasteiger charge is 2.13. The summed E-state index contributed by atoms with van der Waals surface area (Å²) in [4.78, 5) is 13.1. The van der Waals surface area contributed by atoms with Crippen LogP contribution in [-0.2, 0) is 4.79 Å². The first-order valence-electron chi connectivity index (χ1n) is 5.22. The van der Waals surface area contributed by atoms with Gasteiger partial charge in [-0.2, -0.15) is 0 Å². The Bertz CT molecular complexity index is 233. The highest BCUT2D eigenvalue weighted by Crippen LogP contribution is 2.12. The van der Waals surface area contributed by atoms with E-state index >= 15 is 0 Å². The molecule has 1 rings (SSSR count). The lowest BCUT2D eigenvalue weighted by molar-refractivity contribution is -0.114. The molecule has 1 N–H and O–H groups in total. The number of ketones is 1. The largest absolute Gasteiger partial charge is 0.386 e. The van der Waals surface area contributed by atoms with Gasteiger partial charge >= 0.3 is 0 Å². The Labute approximate surface area is 86.2 Å². The van der Waals surface area contributed by atoms with Gasteiger partial charge in [-0.1, -0.05) is 0 Å². The Morgan fingerprint density at radius 2 is 2.21 bits per heavy atom. The van der Waals surface area contributed by atoms with Crippen LogP contribution in [0.2, 0.25) is 0 Å². The van der Waals surface area contributed by atoms with Crippen molar-refractivity contribution in [2.75, 3.05) is 20.6 Å². The molecule has 1 unspecified atom stereocenters. The molecule has 0 heterocycles. The molecule has 0 saturated carbocycles. The van der Waals surface area contributed by atoms with Crippen LogP contribution in [0.4, 0.5) is 0 Å². The number of rotatable bonds is 5. The van der Waals surface area contributed by atoms with Crippen LogP contribution < -0.4 is 5.32 Å². The van der Waals surface area contributed by atoms with Crippen molar-refractivity contribution in [1.29, 1.82) is 0 Å². The van der Waals surface area contributed by atoms with Crippen LogP contribution >= 0.6 is 0 Å². The number of hydrogen-bond acceptors (Lipinski definition) is 3. The van der Waals surface area contributed by atoms with Gasteiger partial charge in [0.05, 0.1) is 0 Å². The molecule has 0 aromatic heterocycles. The third-order valence-corrected chi connectivity index (χ3v) is 2.42. The fraction of sp³-hybridized carbons (Fsp3) is 0.727. The Kier molecular flexibility index (Phi) is 4.14. The predicted molar refractivity (Wildman–Crippen MR) is 58.1 cm³/mol.